The largest absolute Gasteiger partial charge is 0.496 e. The maximum absolute atomic E-state index is 13.4. The highest BCUT2D eigenvalue weighted by molar-refractivity contribution is 7.85. The average molecular weight is 639 g/mol. The molecule has 1 aromatic carbocycles. The fourth-order valence-corrected chi connectivity index (χ4v) is 7.48. The lowest BCUT2D eigenvalue weighted by molar-refractivity contribution is -0.130. The van der Waals surface area contributed by atoms with Gasteiger partial charge in [0.25, 0.3) is 5.91 Å². The van der Waals surface area contributed by atoms with Gasteiger partial charge in [-0.15, -0.1) is 17.9 Å². The maximum atomic E-state index is 13.4. The molecular formula is C31H38N6O5S2. The molecule has 2 aromatic heterocycles. The SMILES string of the molecule is C=CC1C[C@]1(NC(=O)[C@@H]1C[C@@H](Oc2nc(-c3nc(C(C)C)cs3)nc3c(C)c(OC)ccc23)CN1)C(=O)NS(=O)C1(C)CC1. The predicted molar refractivity (Wildman–Crippen MR) is 170 cm³/mol. The van der Waals surface area contributed by atoms with Crippen LogP contribution in [0.15, 0.2) is 30.2 Å². The highest BCUT2D eigenvalue weighted by atomic mass is 32.2. The third-order valence-electron chi connectivity index (χ3n) is 8.88. The van der Waals surface area contributed by atoms with Crippen LogP contribution >= 0.6 is 11.3 Å². The number of benzene rings is 1. The Bertz CT molecular complexity index is 1670. The Morgan fingerprint density at radius 3 is 2.66 bits per heavy atom. The number of hydrogen-bond acceptors (Lipinski definition) is 10. The standard InChI is InChI=1S/C31H38N6O5S2/c1-7-18-13-31(18,29(39)37-44(40)30(5)10-11-30)36-26(38)21-12-19(14-32-21)42-27-20-8-9-23(41-6)17(4)24(20)34-25(35-27)28-33-22(15-43-28)16(2)3/h7-9,15-16,18-19,21,32H,1,10-14H2,2-6H3,(H,36,38)(H,37,39)/t18?,19-,21+,31-,44?/m1/s1. The lowest BCUT2D eigenvalue weighted by atomic mass is 10.1. The van der Waals surface area contributed by atoms with E-state index in [0.717, 1.165) is 29.5 Å². The average Bonchev–Trinajstić information content (AvgIpc) is 3.75. The highest BCUT2D eigenvalue weighted by Gasteiger charge is 2.61. The first-order valence-corrected chi connectivity index (χ1v) is 16.9. The molecule has 0 spiro atoms. The van der Waals surface area contributed by atoms with Crippen molar-refractivity contribution in [1.29, 1.82) is 0 Å². The van der Waals surface area contributed by atoms with E-state index in [2.05, 4.69) is 35.8 Å². The van der Waals surface area contributed by atoms with Gasteiger partial charge in [-0.1, -0.05) is 19.9 Å². The summed E-state index contributed by atoms with van der Waals surface area (Å²) in [6, 6.07) is 3.17. The minimum atomic E-state index is -1.50. The van der Waals surface area contributed by atoms with E-state index in [0.29, 0.717) is 47.4 Å². The Hall–Kier alpha value is -3.42. The molecule has 5 atom stereocenters. The van der Waals surface area contributed by atoms with Crippen molar-refractivity contribution in [2.75, 3.05) is 13.7 Å². The zero-order valence-electron chi connectivity index (χ0n) is 25.6. The number of thiazole rings is 1. The normalized spacial score (nSPS) is 25.8. The van der Waals surface area contributed by atoms with Gasteiger partial charge in [0.1, 0.15) is 28.4 Å². The molecule has 2 unspecified atom stereocenters. The van der Waals surface area contributed by atoms with Crippen LogP contribution in [0.2, 0.25) is 0 Å². The van der Waals surface area contributed by atoms with Crippen LogP contribution in [0, 0.1) is 12.8 Å². The summed E-state index contributed by atoms with van der Waals surface area (Å²) in [5, 5.41) is 9.63. The summed E-state index contributed by atoms with van der Waals surface area (Å²) in [6.45, 7) is 12.2. The van der Waals surface area contributed by atoms with Crippen LogP contribution in [0.4, 0.5) is 0 Å². The number of methoxy groups -OCH3 is 1. The van der Waals surface area contributed by atoms with Crippen molar-refractivity contribution >= 4 is 45.0 Å². The van der Waals surface area contributed by atoms with Gasteiger partial charge in [-0.25, -0.2) is 14.2 Å². The molecule has 2 saturated carbocycles. The third-order valence-corrected chi connectivity index (χ3v) is 11.4. The molecule has 6 rings (SSSR count). The van der Waals surface area contributed by atoms with Gasteiger partial charge in [0.2, 0.25) is 11.8 Å². The molecule has 44 heavy (non-hydrogen) atoms. The van der Waals surface area contributed by atoms with Gasteiger partial charge < -0.3 is 20.1 Å². The van der Waals surface area contributed by atoms with Crippen molar-refractivity contribution in [2.45, 2.75) is 81.7 Å². The Balaban J connectivity index is 1.20. The molecule has 3 aromatic rings. The number of carbonyl (C=O) groups is 2. The zero-order chi connectivity index (χ0) is 31.4. The van der Waals surface area contributed by atoms with Gasteiger partial charge >= 0.3 is 0 Å². The fourth-order valence-electron chi connectivity index (χ4n) is 5.50. The van der Waals surface area contributed by atoms with Crippen LogP contribution in [0.25, 0.3) is 21.7 Å². The first-order valence-electron chi connectivity index (χ1n) is 14.9. The minimum Gasteiger partial charge on any atom is -0.496 e. The third kappa shape index (κ3) is 5.61. The number of ether oxygens (including phenoxy) is 2. The van der Waals surface area contributed by atoms with E-state index in [1.54, 1.807) is 13.2 Å². The van der Waals surface area contributed by atoms with Crippen LogP contribution in [0.1, 0.15) is 63.6 Å². The molecule has 11 nitrogen and oxygen atoms in total. The molecule has 3 N–H and O–H groups in total. The minimum absolute atomic E-state index is 0.225. The van der Waals surface area contributed by atoms with Gasteiger partial charge in [-0.05, 0) is 51.2 Å². The monoisotopic (exact) mass is 638 g/mol. The highest BCUT2D eigenvalue weighted by Crippen LogP contribution is 2.46. The van der Waals surface area contributed by atoms with E-state index in [1.807, 2.05) is 31.4 Å². The summed E-state index contributed by atoms with van der Waals surface area (Å²) < 4.78 is 26.9. The Kier molecular flexibility index (Phi) is 8.00. The number of amides is 2. The molecule has 234 valence electrons. The molecule has 2 aliphatic carbocycles. The van der Waals surface area contributed by atoms with Crippen molar-refractivity contribution < 1.29 is 23.3 Å². The fraction of sp³-hybridized carbons (Fsp3) is 0.516. The molecule has 1 saturated heterocycles. The van der Waals surface area contributed by atoms with Crippen molar-refractivity contribution in [2.24, 2.45) is 5.92 Å². The number of rotatable bonds is 11. The number of carbonyl (C=O) groups excluding carboxylic acids is 2. The van der Waals surface area contributed by atoms with Crippen molar-refractivity contribution in [3.8, 4) is 22.5 Å². The second kappa shape index (κ2) is 11.5. The second-order valence-electron chi connectivity index (χ2n) is 12.5. The Morgan fingerprint density at radius 1 is 1.25 bits per heavy atom. The van der Waals surface area contributed by atoms with Gasteiger partial charge in [0.15, 0.2) is 10.8 Å². The summed E-state index contributed by atoms with van der Waals surface area (Å²) in [5.41, 5.74) is 1.40. The van der Waals surface area contributed by atoms with Crippen LogP contribution in [-0.2, 0) is 20.6 Å². The summed E-state index contributed by atoms with van der Waals surface area (Å²) >= 11 is 1.49. The van der Waals surface area contributed by atoms with Crippen molar-refractivity contribution in [1.82, 2.24) is 30.3 Å². The van der Waals surface area contributed by atoms with E-state index >= 15 is 0 Å². The Morgan fingerprint density at radius 2 is 2.02 bits per heavy atom. The van der Waals surface area contributed by atoms with Crippen LogP contribution in [-0.4, -0.2) is 67.1 Å². The van der Waals surface area contributed by atoms with E-state index in [1.165, 1.54) is 11.3 Å². The summed E-state index contributed by atoms with van der Waals surface area (Å²) in [7, 11) is 0.121. The molecule has 3 aliphatic rings. The molecule has 13 heteroatoms. The number of aryl methyl sites for hydroxylation is 1. The summed E-state index contributed by atoms with van der Waals surface area (Å²) in [6.07, 6.45) is 3.70. The first kappa shape index (κ1) is 30.6. The van der Waals surface area contributed by atoms with E-state index in [-0.39, 0.29) is 28.6 Å². The van der Waals surface area contributed by atoms with Gasteiger partial charge in [0.05, 0.1) is 34.5 Å². The lowest BCUT2D eigenvalue weighted by Crippen LogP contribution is -2.55. The number of fused-ring (bicyclic) bond motifs is 1. The molecule has 3 heterocycles. The van der Waals surface area contributed by atoms with Gasteiger partial charge in [0, 0.05) is 29.8 Å². The second-order valence-corrected chi connectivity index (χ2v) is 15.1. The van der Waals surface area contributed by atoms with Gasteiger partial charge in [-0.2, -0.15) is 4.98 Å². The van der Waals surface area contributed by atoms with E-state index in [4.69, 9.17) is 24.4 Å². The van der Waals surface area contributed by atoms with Crippen LogP contribution < -0.4 is 24.8 Å². The number of aromatic nitrogens is 3. The lowest BCUT2D eigenvalue weighted by Gasteiger charge is -2.21. The Labute approximate surface area is 263 Å². The maximum Gasteiger partial charge on any atom is 0.258 e. The topological polar surface area (TPSA) is 144 Å². The van der Waals surface area contributed by atoms with Gasteiger partial charge in [-0.3, -0.25) is 14.3 Å². The molecule has 2 amide bonds. The van der Waals surface area contributed by atoms with E-state index < -0.39 is 28.5 Å². The smallest absolute Gasteiger partial charge is 0.258 e. The first-order chi connectivity index (χ1) is 21.0. The zero-order valence-corrected chi connectivity index (χ0v) is 27.2. The molecule has 0 radical (unpaired) electrons. The number of nitrogens with zero attached hydrogens (tertiary/aromatic N) is 3. The van der Waals surface area contributed by atoms with Crippen molar-refractivity contribution in [3.63, 3.8) is 0 Å². The van der Waals surface area contributed by atoms with E-state index in [9.17, 15) is 13.8 Å². The molecular weight excluding hydrogens is 601 g/mol. The van der Waals surface area contributed by atoms with Crippen LogP contribution in [0.5, 0.6) is 11.6 Å². The van der Waals surface area contributed by atoms with Crippen molar-refractivity contribution in [3.05, 3.63) is 41.4 Å². The summed E-state index contributed by atoms with van der Waals surface area (Å²) in [4.78, 5) is 41.0. The molecule has 0 bridgehead atoms. The van der Waals surface area contributed by atoms with Crippen LogP contribution in [0.3, 0.4) is 0 Å². The molecule has 1 aliphatic heterocycles. The number of nitrogens with one attached hydrogen (secondary N) is 3. The summed E-state index contributed by atoms with van der Waals surface area (Å²) in [5.74, 6) is 0.897. The quantitative estimate of drug-likeness (QED) is 0.268. The number of hydrogen-bond donors (Lipinski definition) is 3. The molecule has 3 fully saturated rings. The predicted octanol–water partition coefficient (Wildman–Crippen LogP) is 3.70.